The lowest BCUT2D eigenvalue weighted by Gasteiger charge is -2.07. The van der Waals surface area contributed by atoms with Crippen LogP contribution in [0.5, 0.6) is 0 Å². The Bertz CT molecular complexity index is 944. The van der Waals surface area contributed by atoms with E-state index in [2.05, 4.69) is 17.4 Å². The summed E-state index contributed by atoms with van der Waals surface area (Å²) in [6, 6.07) is 18.0. The molecule has 0 aliphatic rings. The maximum absolute atomic E-state index is 12.4. The summed E-state index contributed by atoms with van der Waals surface area (Å²) in [7, 11) is 0. The van der Waals surface area contributed by atoms with E-state index >= 15 is 0 Å². The number of aryl methyl sites for hydroxylation is 1. The summed E-state index contributed by atoms with van der Waals surface area (Å²) in [6.07, 6.45) is 0.239. The lowest BCUT2D eigenvalue weighted by molar-refractivity contribution is -0.115. The molecule has 0 aliphatic heterocycles. The monoisotopic (exact) mass is 364 g/mol. The molecule has 0 spiro atoms. The molecule has 0 unspecified atom stereocenters. The van der Waals surface area contributed by atoms with Crippen LogP contribution in [0.3, 0.4) is 0 Å². The van der Waals surface area contributed by atoms with E-state index in [1.54, 1.807) is 0 Å². The number of nitrogens with two attached hydrogens (primary N) is 1. The molecule has 3 N–H and O–H groups in total. The van der Waals surface area contributed by atoms with Gasteiger partial charge in [0.2, 0.25) is 5.91 Å². The van der Waals surface area contributed by atoms with Crippen LogP contribution in [0, 0.1) is 13.8 Å². The average Bonchev–Trinajstić information content (AvgIpc) is 2.90. The highest BCUT2D eigenvalue weighted by molar-refractivity contribution is 7.16. The summed E-state index contributed by atoms with van der Waals surface area (Å²) in [6.45, 7) is 3.74. The van der Waals surface area contributed by atoms with Crippen molar-refractivity contribution in [2.24, 2.45) is 5.73 Å². The van der Waals surface area contributed by atoms with Gasteiger partial charge in [-0.25, -0.2) is 0 Å². The highest BCUT2D eigenvalue weighted by Gasteiger charge is 2.19. The van der Waals surface area contributed by atoms with Gasteiger partial charge in [0.1, 0.15) is 5.00 Å². The van der Waals surface area contributed by atoms with E-state index in [1.165, 1.54) is 11.3 Å². The highest BCUT2D eigenvalue weighted by atomic mass is 32.1. The zero-order valence-electron chi connectivity index (χ0n) is 14.7. The minimum absolute atomic E-state index is 0.166. The number of hydrogen-bond donors (Lipinski definition) is 2. The third kappa shape index (κ3) is 3.83. The molecule has 0 radical (unpaired) electrons. The number of carbonyl (C=O) groups excluding carboxylic acids is 2. The van der Waals surface area contributed by atoms with E-state index in [9.17, 15) is 9.59 Å². The molecule has 0 saturated carbocycles. The van der Waals surface area contributed by atoms with Crippen LogP contribution in [0.15, 0.2) is 54.6 Å². The molecular weight excluding hydrogens is 344 g/mol. The van der Waals surface area contributed by atoms with E-state index in [-0.39, 0.29) is 12.3 Å². The van der Waals surface area contributed by atoms with Crippen LogP contribution < -0.4 is 11.1 Å². The molecule has 4 nitrogen and oxygen atoms in total. The van der Waals surface area contributed by atoms with Crippen molar-refractivity contribution in [2.45, 2.75) is 20.3 Å². The topological polar surface area (TPSA) is 72.2 Å². The van der Waals surface area contributed by atoms with Crippen LogP contribution in [-0.2, 0) is 11.2 Å². The Balaban J connectivity index is 1.71. The van der Waals surface area contributed by atoms with E-state index in [0.717, 1.165) is 27.1 Å². The molecule has 5 heteroatoms. The van der Waals surface area contributed by atoms with Gasteiger partial charge in [-0.3, -0.25) is 9.59 Å². The molecule has 0 fully saturated rings. The first-order valence-electron chi connectivity index (χ1n) is 8.29. The maximum atomic E-state index is 12.4. The summed E-state index contributed by atoms with van der Waals surface area (Å²) >= 11 is 1.38. The third-order valence-corrected chi connectivity index (χ3v) is 5.43. The van der Waals surface area contributed by atoms with Crippen molar-refractivity contribution in [1.29, 1.82) is 0 Å². The molecule has 3 rings (SSSR count). The van der Waals surface area contributed by atoms with Gasteiger partial charge in [-0.15, -0.1) is 11.3 Å². The molecule has 3 aromatic rings. The fourth-order valence-electron chi connectivity index (χ4n) is 2.81. The first kappa shape index (κ1) is 17.9. The minimum Gasteiger partial charge on any atom is -0.365 e. The van der Waals surface area contributed by atoms with E-state index in [0.29, 0.717) is 10.6 Å². The van der Waals surface area contributed by atoms with Gasteiger partial charge in [0.05, 0.1) is 12.0 Å². The molecule has 0 bridgehead atoms. The standard InChI is InChI=1S/C21H20N2O2S/c1-13-14(2)26-21(19(13)20(22)25)23-18(24)12-15-8-10-17(11-9-15)16-6-4-3-5-7-16/h3-11H,12H2,1-2H3,(H2,22,25)(H,23,24). The molecule has 1 aromatic heterocycles. The van der Waals surface area contributed by atoms with Crippen molar-refractivity contribution < 1.29 is 9.59 Å². The SMILES string of the molecule is Cc1sc(NC(=O)Cc2ccc(-c3ccccc3)cc2)c(C(N)=O)c1C. The number of carbonyl (C=O) groups is 2. The number of primary amides is 1. The van der Waals surface area contributed by atoms with Crippen LogP contribution in [0.1, 0.15) is 26.4 Å². The van der Waals surface area contributed by atoms with Gasteiger partial charge >= 0.3 is 0 Å². The third-order valence-electron chi connectivity index (χ3n) is 4.31. The van der Waals surface area contributed by atoms with Gasteiger partial charge in [0.25, 0.3) is 5.91 Å². The normalized spacial score (nSPS) is 10.5. The molecule has 2 aromatic carbocycles. The van der Waals surface area contributed by atoms with Crippen LogP contribution in [-0.4, -0.2) is 11.8 Å². The van der Waals surface area contributed by atoms with Crippen LogP contribution >= 0.6 is 11.3 Å². The summed E-state index contributed by atoms with van der Waals surface area (Å²) < 4.78 is 0. The smallest absolute Gasteiger partial charge is 0.251 e. The Kier molecular flexibility index (Phi) is 5.19. The predicted octanol–water partition coefficient (Wildman–Crippen LogP) is 4.31. The summed E-state index contributed by atoms with van der Waals surface area (Å²) in [5.74, 6) is -0.685. The van der Waals surface area contributed by atoms with Gasteiger partial charge in [-0.05, 0) is 36.1 Å². The molecule has 2 amide bonds. The molecule has 0 saturated heterocycles. The van der Waals surface area contributed by atoms with Crippen LogP contribution in [0.4, 0.5) is 5.00 Å². The highest BCUT2D eigenvalue weighted by Crippen LogP contribution is 2.32. The number of hydrogen-bond acceptors (Lipinski definition) is 3. The van der Waals surface area contributed by atoms with Crippen LogP contribution in [0.25, 0.3) is 11.1 Å². The molecule has 132 valence electrons. The molecular formula is C21H20N2O2S. The Morgan fingerprint density at radius 1 is 0.962 bits per heavy atom. The van der Waals surface area contributed by atoms with Crippen molar-refractivity contribution in [3.8, 4) is 11.1 Å². The van der Waals surface area contributed by atoms with Gasteiger partial charge < -0.3 is 11.1 Å². The Morgan fingerprint density at radius 3 is 2.19 bits per heavy atom. The van der Waals surface area contributed by atoms with Crippen LogP contribution in [0.2, 0.25) is 0 Å². The second-order valence-electron chi connectivity index (χ2n) is 6.14. The number of rotatable bonds is 5. The zero-order chi connectivity index (χ0) is 18.7. The van der Waals surface area contributed by atoms with Crippen molar-refractivity contribution in [2.75, 3.05) is 5.32 Å². The Morgan fingerprint density at radius 2 is 1.58 bits per heavy atom. The van der Waals surface area contributed by atoms with E-state index < -0.39 is 5.91 Å². The van der Waals surface area contributed by atoms with Gasteiger partial charge in [0, 0.05) is 4.88 Å². The fraction of sp³-hybridized carbons (Fsp3) is 0.143. The largest absolute Gasteiger partial charge is 0.365 e. The summed E-state index contributed by atoms with van der Waals surface area (Å²) in [5.41, 5.74) is 9.83. The number of amides is 2. The number of nitrogens with one attached hydrogen (secondary N) is 1. The number of anilines is 1. The number of benzene rings is 2. The van der Waals surface area contributed by atoms with Gasteiger partial charge in [0.15, 0.2) is 0 Å². The summed E-state index contributed by atoms with van der Waals surface area (Å²) in [5, 5.41) is 3.35. The zero-order valence-corrected chi connectivity index (χ0v) is 15.5. The lowest BCUT2D eigenvalue weighted by Crippen LogP contribution is -2.18. The lowest BCUT2D eigenvalue weighted by atomic mass is 10.0. The predicted molar refractivity (Wildman–Crippen MR) is 107 cm³/mol. The molecule has 26 heavy (non-hydrogen) atoms. The molecule has 1 heterocycles. The minimum atomic E-state index is -0.519. The fourth-order valence-corrected chi connectivity index (χ4v) is 3.90. The quantitative estimate of drug-likeness (QED) is 0.708. The Hall–Kier alpha value is -2.92. The molecule has 0 aliphatic carbocycles. The van der Waals surface area contributed by atoms with Crippen molar-refractivity contribution in [3.05, 3.63) is 76.2 Å². The summed E-state index contributed by atoms with van der Waals surface area (Å²) in [4.78, 5) is 25.0. The van der Waals surface area contributed by atoms with E-state index in [4.69, 9.17) is 5.73 Å². The second kappa shape index (κ2) is 7.54. The average molecular weight is 364 g/mol. The van der Waals surface area contributed by atoms with Crippen molar-refractivity contribution >= 4 is 28.2 Å². The van der Waals surface area contributed by atoms with Crippen molar-refractivity contribution in [1.82, 2.24) is 0 Å². The Labute approximate surface area is 156 Å². The number of thiophene rings is 1. The first-order chi connectivity index (χ1) is 12.5. The first-order valence-corrected chi connectivity index (χ1v) is 9.11. The second-order valence-corrected chi connectivity index (χ2v) is 7.36. The van der Waals surface area contributed by atoms with Gasteiger partial charge in [-0.1, -0.05) is 54.6 Å². The van der Waals surface area contributed by atoms with Crippen molar-refractivity contribution in [3.63, 3.8) is 0 Å². The van der Waals surface area contributed by atoms with E-state index in [1.807, 2.05) is 56.3 Å². The maximum Gasteiger partial charge on any atom is 0.251 e. The molecule has 0 atom stereocenters. The van der Waals surface area contributed by atoms with Gasteiger partial charge in [-0.2, -0.15) is 0 Å².